The van der Waals surface area contributed by atoms with Crippen molar-refractivity contribution in [3.63, 3.8) is 0 Å². The lowest BCUT2D eigenvalue weighted by atomic mass is 9.99. The molecule has 13 heavy (non-hydrogen) atoms. The van der Waals surface area contributed by atoms with Crippen molar-refractivity contribution < 1.29 is 9.84 Å². The molecule has 0 saturated heterocycles. The second-order valence-electron chi connectivity index (χ2n) is 3.42. The summed E-state index contributed by atoms with van der Waals surface area (Å²) in [5.41, 5.74) is 7.75. The maximum atomic E-state index is 9.44. The van der Waals surface area contributed by atoms with E-state index in [-0.39, 0.29) is 11.8 Å². The molecule has 0 amide bonds. The molecule has 0 aliphatic carbocycles. The zero-order valence-corrected chi connectivity index (χ0v) is 7.58. The minimum atomic E-state index is 0.0445. The molecule has 1 aromatic rings. The summed E-state index contributed by atoms with van der Waals surface area (Å²) < 4.78 is 5.39. The van der Waals surface area contributed by atoms with Gasteiger partial charge in [-0.3, -0.25) is 0 Å². The third kappa shape index (κ3) is 1.35. The first-order valence-corrected chi connectivity index (χ1v) is 4.40. The SMILES string of the molecule is Cc1cc2c(cc1O)OCCC2N. The van der Waals surface area contributed by atoms with Gasteiger partial charge in [0.2, 0.25) is 0 Å². The Balaban J connectivity index is 2.52. The number of rotatable bonds is 0. The summed E-state index contributed by atoms with van der Waals surface area (Å²) in [6.45, 7) is 2.49. The van der Waals surface area contributed by atoms with Crippen LogP contribution in [0.3, 0.4) is 0 Å². The van der Waals surface area contributed by atoms with Gasteiger partial charge in [-0.25, -0.2) is 0 Å². The molecule has 70 valence electrons. The molecule has 0 fully saturated rings. The number of aromatic hydroxyl groups is 1. The fourth-order valence-corrected chi connectivity index (χ4v) is 1.57. The van der Waals surface area contributed by atoms with E-state index in [2.05, 4.69) is 0 Å². The Labute approximate surface area is 77.1 Å². The Kier molecular flexibility index (Phi) is 1.88. The normalized spacial score (nSPS) is 20.6. The van der Waals surface area contributed by atoms with Crippen molar-refractivity contribution in [3.05, 3.63) is 23.3 Å². The van der Waals surface area contributed by atoms with Crippen LogP contribution in [-0.4, -0.2) is 11.7 Å². The maximum absolute atomic E-state index is 9.44. The number of ether oxygens (including phenoxy) is 1. The van der Waals surface area contributed by atoms with E-state index in [0.717, 1.165) is 23.3 Å². The van der Waals surface area contributed by atoms with Gasteiger partial charge in [0.05, 0.1) is 6.61 Å². The number of phenols is 1. The lowest BCUT2D eigenvalue weighted by molar-refractivity contribution is 0.267. The molecule has 2 rings (SSSR count). The van der Waals surface area contributed by atoms with Gasteiger partial charge in [-0.1, -0.05) is 0 Å². The lowest BCUT2D eigenvalue weighted by Gasteiger charge is -2.23. The number of hydrogen-bond acceptors (Lipinski definition) is 3. The van der Waals surface area contributed by atoms with E-state index in [1.165, 1.54) is 0 Å². The number of phenolic OH excluding ortho intramolecular Hbond substituents is 1. The van der Waals surface area contributed by atoms with Crippen LogP contribution in [0.25, 0.3) is 0 Å². The van der Waals surface area contributed by atoms with E-state index in [0.29, 0.717) is 6.61 Å². The van der Waals surface area contributed by atoms with E-state index in [4.69, 9.17) is 10.5 Å². The zero-order chi connectivity index (χ0) is 9.42. The minimum absolute atomic E-state index is 0.0445. The fraction of sp³-hybridized carbons (Fsp3) is 0.400. The van der Waals surface area contributed by atoms with E-state index < -0.39 is 0 Å². The Bertz CT molecular complexity index is 336. The number of benzene rings is 1. The van der Waals surface area contributed by atoms with Gasteiger partial charge in [-0.2, -0.15) is 0 Å². The number of aryl methyl sites for hydroxylation is 1. The first kappa shape index (κ1) is 8.38. The summed E-state index contributed by atoms with van der Waals surface area (Å²) >= 11 is 0. The van der Waals surface area contributed by atoms with Gasteiger partial charge >= 0.3 is 0 Å². The monoisotopic (exact) mass is 179 g/mol. The second kappa shape index (κ2) is 2.92. The molecular weight excluding hydrogens is 166 g/mol. The molecule has 1 aliphatic rings. The molecule has 0 spiro atoms. The third-order valence-corrected chi connectivity index (χ3v) is 2.41. The molecule has 3 heteroatoms. The third-order valence-electron chi connectivity index (χ3n) is 2.41. The van der Waals surface area contributed by atoms with Crippen molar-refractivity contribution in [2.24, 2.45) is 5.73 Å². The smallest absolute Gasteiger partial charge is 0.127 e. The van der Waals surface area contributed by atoms with Gasteiger partial charge in [-0.05, 0) is 18.6 Å². The first-order chi connectivity index (χ1) is 6.18. The Morgan fingerprint density at radius 2 is 2.31 bits per heavy atom. The second-order valence-corrected chi connectivity index (χ2v) is 3.42. The van der Waals surface area contributed by atoms with Crippen LogP contribution in [0, 0.1) is 6.92 Å². The van der Waals surface area contributed by atoms with E-state index in [1.54, 1.807) is 6.07 Å². The van der Waals surface area contributed by atoms with Crippen molar-refractivity contribution in [1.82, 2.24) is 0 Å². The van der Waals surface area contributed by atoms with Gasteiger partial charge < -0.3 is 15.6 Å². The molecule has 1 atom stereocenters. The molecule has 0 aromatic heterocycles. The van der Waals surface area contributed by atoms with E-state index in [1.807, 2.05) is 13.0 Å². The van der Waals surface area contributed by atoms with Gasteiger partial charge in [0, 0.05) is 24.1 Å². The molecular formula is C10H13NO2. The summed E-state index contributed by atoms with van der Waals surface area (Å²) in [7, 11) is 0. The highest BCUT2D eigenvalue weighted by molar-refractivity contribution is 5.47. The van der Waals surface area contributed by atoms with E-state index in [9.17, 15) is 5.11 Å². The molecule has 0 saturated carbocycles. The van der Waals surface area contributed by atoms with Crippen LogP contribution < -0.4 is 10.5 Å². The highest BCUT2D eigenvalue weighted by atomic mass is 16.5. The van der Waals surface area contributed by atoms with Crippen LogP contribution in [0.1, 0.15) is 23.6 Å². The summed E-state index contributed by atoms with van der Waals surface area (Å²) in [5.74, 6) is 0.995. The Hall–Kier alpha value is -1.22. The Morgan fingerprint density at radius 3 is 3.08 bits per heavy atom. The van der Waals surface area contributed by atoms with Crippen molar-refractivity contribution in [3.8, 4) is 11.5 Å². The topological polar surface area (TPSA) is 55.5 Å². The van der Waals surface area contributed by atoms with Crippen LogP contribution in [-0.2, 0) is 0 Å². The van der Waals surface area contributed by atoms with Crippen molar-refractivity contribution in [1.29, 1.82) is 0 Å². The summed E-state index contributed by atoms with van der Waals surface area (Å²) in [5, 5.41) is 9.44. The van der Waals surface area contributed by atoms with Crippen LogP contribution in [0.2, 0.25) is 0 Å². The highest BCUT2D eigenvalue weighted by Gasteiger charge is 2.19. The minimum Gasteiger partial charge on any atom is -0.508 e. The van der Waals surface area contributed by atoms with Crippen molar-refractivity contribution in [2.45, 2.75) is 19.4 Å². The van der Waals surface area contributed by atoms with Gasteiger partial charge in [0.1, 0.15) is 11.5 Å². The average molecular weight is 179 g/mol. The summed E-state index contributed by atoms with van der Waals surface area (Å²) in [6, 6.07) is 3.58. The predicted molar refractivity (Wildman–Crippen MR) is 49.9 cm³/mol. The van der Waals surface area contributed by atoms with Crippen LogP contribution in [0.15, 0.2) is 12.1 Å². The van der Waals surface area contributed by atoms with Crippen LogP contribution in [0.4, 0.5) is 0 Å². The first-order valence-electron chi connectivity index (χ1n) is 4.40. The number of fused-ring (bicyclic) bond motifs is 1. The molecule has 3 N–H and O–H groups in total. The van der Waals surface area contributed by atoms with Gasteiger partial charge in [0.25, 0.3) is 0 Å². The molecule has 1 unspecified atom stereocenters. The van der Waals surface area contributed by atoms with Crippen molar-refractivity contribution >= 4 is 0 Å². The van der Waals surface area contributed by atoms with Crippen molar-refractivity contribution in [2.75, 3.05) is 6.61 Å². The van der Waals surface area contributed by atoms with Gasteiger partial charge in [0.15, 0.2) is 0 Å². The fourth-order valence-electron chi connectivity index (χ4n) is 1.57. The molecule has 1 aliphatic heterocycles. The molecule has 0 bridgehead atoms. The molecule has 3 nitrogen and oxygen atoms in total. The quantitative estimate of drug-likeness (QED) is 0.634. The average Bonchev–Trinajstić information content (AvgIpc) is 2.09. The number of nitrogens with two attached hydrogens (primary N) is 1. The van der Waals surface area contributed by atoms with Gasteiger partial charge in [-0.15, -0.1) is 0 Å². The van der Waals surface area contributed by atoms with Crippen LogP contribution in [0.5, 0.6) is 11.5 Å². The largest absolute Gasteiger partial charge is 0.508 e. The lowest BCUT2D eigenvalue weighted by Crippen LogP contribution is -2.20. The zero-order valence-electron chi connectivity index (χ0n) is 7.58. The molecule has 1 heterocycles. The summed E-state index contributed by atoms with van der Waals surface area (Å²) in [6.07, 6.45) is 0.844. The maximum Gasteiger partial charge on any atom is 0.127 e. The highest BCUT2D eigenvalue weighted by Crippen LogP contribution is 2.35. The standard InChI is InChI=1S/C10H13NO2/c1-6-4-7-8(11)2-3-13-10(7)5-9(6)12/h4-5,8,12H,2-3,11H2,1H3. The van der Waals surface area contributed by atoms with Crippen LogP contribution >= 0.6 is 0 Å². The predicted octanol–water partition coefficient (Wildman–Crippen LogP) is 1.48. The number of hydrogen-bond donors (Lipinski definition) is 2. The molecule has 0 radical (unpaired) electrons. The summed E-state index contributed by atoms with van der Waals surface area (Å²) in [4.78, 5) is 0. The van der Waals surface area contributed by atoms with E-state index >= 15 is 0 Å². The molecule has 1 aromatic carbocycles. The Morgan fingerprint density at radius 1 is 1.54 bits per heavy atom.